The lowest BCUT2D eigenvalue weighted by Gasteiger charge is -2.28. The monoisotopic (exact) mass is 305 g/mol. The fourth-order valence-corrected chi connectivity index (χ4v) is 3.14. The molecule has 1 aromatic rings. The Morgan fingerprint density at radius 2 is 1.88 bits per heavy atom. The zero-order valence-corrected chi connectivity index (χ0v) is 12.0. The molecule has 1 heterocycles. The Hall–Kier alpha value is -0.420. The fraction of sp³-hybridized carbons (Fsp3) is 0.545. The van der Waals surface area contributed by atoms with Gasteiger partial charge < -0.3 is 0 Å². The Morgan fingerprint density at radius 3 is 2.31 bits per heavy atom. The number of aromatic nitrogens is 1. The lowest BCUT2D eigenvalue weighted by molar-refractivity contribution is 0.542. The van der Waals surface area contributed by atoms with Crippen molar-refractivity contribution in [1.29, 1.82) is 0 Å². The van der Waals surface area contributed by atoms with E-state index >= 15 is 0 Å². The summed E-state index contributed by atoms with van der Waals surface area (Å²) in [6.45, 7) is 3.48. The summed E-state index contributed by atoms with van der Waals surface area (Å²) in [7, 11) is -3.08. The predicted molar refractivity (Wildman–Crippen MR) is 69.6 cm³/mol. The first kappa shape index (κ1) is 13.6. The summed E-state index contributed by atoms with van der Waals surface area (Å²) < 4.78 is 22.5. The molecule has 0 saturated carbocycles. The zero-order chi connectivity index (χ0) is 12.4. The van der Waals surface area contributed by atoms with Crippen molar-refractivity contribution in [2.45, 2.75) is 29.8 Å². The van der Waals surface area contributed by atoms with Gasteiger partial charge in [0.05, 0.1) is 4.75 Å². The Bertz CT molecular complexity index is 442. The summed E-state index contributed by atoms with van der Waals surface area (Å²) in [6, 6.07) is 3.79. The van der Waals surface area contributed by atoms with Crippen LogP contribution in [0.4, 0.5) is 0 Å². The van der Waals surface area contributed by atoms with Gasteiger partial charge in [0.1, 0.15) is 0 Å². The standard InChI is InChI=1S/C11H16BrNO2S/c1-11(2,16(3,14)15)10(12)8-9-4-6-13-7-5-9/h4-7,10H,8H2,1-3H3. The van der Waals surface area contributed by atoms with E-state index in [0.717, 1.165) is 5.56 Å². The van der Waals surface area contributed by atoms with Crippen LogP contribution in [-0.2, 0) is 16.3 Å². The van der Waals surface area contributed by atoms with Crippen molar-refractivity contribution in [2.75, 3.05) is 6.26 Å². The Labute approximate surface area is 105 Å². The molecule has 3 nitrogen and oxygen atoms in total. The molecule has 0 bridgehead atoms. The molecule has 0 aromatic carbocycles. The van der Waals surface area contributed by atoms with Crippen LogP contribution in [0.1, 0.15) is 19.4 Å². The third-order valence-electron chi connectivity index (χ3n) is 2.87. The molecule has 5 heteroatoms. The molecular formula is C11H16BrNO2S. The maximum Gasteiger partial charge on any atom is 0.153 e. The Morgan fingerprint density at radius 1 is 1.38 bits per heavy atom. The van der Waals surface area contributed by atoms with Gasteiger partial charge in [-0.2, -0.15) is 0 Å². The van der Waals surface area contributed by atoms with E-state index < -0.39 is 14.6 Å². The highest BCUT2D eigenvalue weighted by atomic mass is 79.9. The summed E-state index contributed by atoms with van der Waals surface area (Å²) >= 11 is 3.47. The molecule has 0 N–H and O–H groups in total. The van der Waals surface area contributed by atoms with Gasteiger partial charge in [-0.3, -0.25) is 4.98 Å². The van der Waals surface area contributed by atoms with Crippen LogP contribution in [-0.4, -0.2) is 29.2 Å². The van der Waals surface area contributed by atoms with Crippen molar-refractivity contribution >= 4 is 25.8 Å². The van der Waals surface area contributed by atoms with Crippen LogP contribution in [0.5, 0.6) is 0 Å². The summed E-state index contributed by atoms with van der Waals surface area (Å²) in [6.07, 6.45) is 5.36. The SMILES string of the molecule is CC(C)(C(Br)Cc1ccncc1)S(C)(=O)=O. The summed E-state index contributed by atoms with van der Waals surface area (Å²) in [5.41, 5.74) is 1.08. The molecule has 0 spiro atoms. The molecule has 16 heavy (non-hydrogen) atoms. The van der Waals surface area contributed by atoms with E-state index in [-0.39, 0.29) is 4.83 Å². The van der Waals surface area contributed by atoms with E-state index in [1.54, 1.807) is 26.2 Å². The highest BCUT2D eigenvalue weighted by molar-refractivity contribution is 9.09. The predicted octanol–water partition coefficient (Wildman–Crippen LogP) is 2.21. The average Bonchev–Trinajstić information content (AvgIpc) is 2.17. The fourth-order valence-electron chi connectivity index (χ4n) is 1.20. The number of halogens is 1. The molecule has 1 unspecified atom stereocenters. The number of pyridine rings is 1. The van der Waals surface area contributed by atoms with Gasteiger partial charge in [0.25, 0.3) is 0 Å². The van der Waals surface area contributed by atoms with E-state index in [1.165, 1.54) is 6.26 Å². The van der Waals surface area contributed by atoms with Crippen molar-refractivity contribution in [3.8, 4) is 0 Å². The van der Waals surface area contributed by atoms with Crippen molar-refractivity contribution < 1.29 is 8.42 Å². The third-order valence-corrected chi connectivity index (χ3v) is 6.84. The first-order chi connectivity index (χ1) is 7.25. The number of hydrogen-bond donors (Lipinski definition) is 0. The first-order valence-corrected chi connectivity index (χ1v) is 7.78. The quantitative estimate of drug-likeness (QED) is 0.801. The topological polar surface area (TPSA) is 47.0 Å². The van der Waals surface area contributed by atoms with Crippen LogP contribution < -0.4 is 0 Å². The smallest absolute Gasteiger partial charge is 0.153 e. The molecule has 90 valence electrons. The lowest BCUT2D eigenvalue weighted by atomic mass is 10.0. The number of alkyl halides is 1. The number of rotatable bonds is 4. The number of hydrogen-bond acceptors (Lipinski definition) is 3. The van der Waals surface area contributed by atoms with Crippen molar-refractivity contribution in [2.24, 2.45) is 0 Å². The van der Waals surface area contributed by atoms with E-state index in [2.05, 4.69) is 20.9 Å². The molecule has 0 radical (unpaired) electrons. The molecule has 0 saturated heterocycles. The highest BCUT2D eigenvalue weighted by Crippen LogP contribution is 2.28. The maximum absolute atomic E-state index is 11.6. The van der Waals surface area contributed by atoms with Crippen LogP contribution >= 0.6 is 15.9 Å². The summed E-state index contributed by atoms with van der Waals surface area (Å²) in [5.74, 6) is 0. The normalized spacial score (nSPS) is 14.8. The molecule has 0 fully saturated rings. The van der Waals surface area contributed by atoms with Gasteiger partial charge in [0.15, 0.2) is 9.84 Å². The van der Waals surface area contributed by atoms with Gasteiger partial charge in [0, 0.05) is 23.5 Å². The maximum atomic E-state index is 11.6. The van der Waals surface area contributed by atoms with Crippen molar-refractivity contribution in [3.63, 3.8) is 0 Å². The largest absolute Gasteiger partial charge is 0.265 e. The first-order valence-electron chi connectivity index (χ1n) is 4.97. The van der Waals surface area contributed by atoms with Gasteiger partial charge >= 0.3 is 0 Å². The van der Waals surface area contributed by atoms with Gasteiger partial charge in [-0.05, 0) is 38.0 Å². The number of sulfone groups is 1. The van der Waals surface area contributed by atoms with Crippen LogP contribution in [0.2, 0.25) is 0 Å². The highest BCUT2D eigenvalue weighted by Gasteiger charge is 2.37. The van der Waals surface area contributed by atoms with E-state index in [0.29, 0.717) is 6.42 Å². The molecule has 0 aliphatic rings. The molecule has 0 aliphatic carbocycles. The molecule has 0 amide bonds. The van der Waals surface area contributed by atoms with Crippen molar-refractivity contribution in [1.82, 2.24) is 4.98 Å². The van der Waals surface area contributed by atoms with E-state index in [4.69, 9.17) is 0 Å². The van der Waals surface area contributed by atoms with Crippen molar-refractivity contribution in [3.05, 3.63) is 30.1 Å². The van der Waals surface area contributed by atoms with E-state index in [1.807, 2.05) is 12.1 Å². The zero-order valence-electron chi connectivity index (χ0n) is 9.64. The van der Waals surface area contributed by atoms with Gasteiger partial charge in [-0.25, -0.2) is 8.42 Å². The van der Waals surface area contributed by atoms with E-state index in [9.17, 15) is 8.42 Å². The second kappa shape index (κ2) is 4.84. The minimum absolute atomic E-state index is 0.114. The second-order valence-corrected chi connectivity index (χ2v) is 8.10. The average molecular weight is 306 g/mol. The lowest BCUT2D eigenvalue weighted by Crippen LogP contribution is -2.41. The van der Waals surface area contributed by atoms with Gasteiger partial charge in [-0.1, -0.05) is 15.9 Å². The summed E-state index contributed by atoms with van der Waals surface area (Å²) in [5, 5.41) is 0. The molecule has 1 rings (SSSR count). The van der Waals surface area contributed by atoms with Crippen LogP contribution in [0, 0.1) is 0 Å². The molecule has 1 aromatic heterocycles. The Kier molecular flexibility index (Phi) is 4.12. The molecule has 0 aliphatic heterocycles. The molecular weight excluding hydrogens is 290 g/mol. The van der Waals surface area contributed by atoms with Gasteiger partial charge in [-0.15, -0.1) is 0 Å². The third kappa shape index (κ3) is 3.04. The van der Waals surface area contributed by atoms with Crippen LogP contribution in [0.15, 0.2) is 24.5 Å². The van der Waals surface area contributed by atoms with Gasteiger partial charge in [0.2, 0.25) is 0 Å². The number of nitrogens with zero attached hydrogens (tertiary/aromatic N) is 1. The summed E-state index contributed by atoms with van der Waals surface area (Å²) in [4.78, 5) is 3.82. The second-order valence-electron chi connectivity index (χ2n) is 4.40. The minimum atomic E-state index is -3.08. The Balaban J connectivity index is 2.85. The molecule has 1 atom stereocenters. The van der Waals surface area contributed by atoms with Crippen LogP contribution in [0.3, 0.4) is 0 Å². The minimum Gasteiger partial charge on any atom is -0.265 e. The van der Waals surface area contributed by atoms with Crippen LogP contribution in [0.25, 0.3) is 0 Å².